The highest BCUT2D eigenvalue weighted by Gasteiger charge is 2.66. The maximum atomic E-state index is 13.7. The van der Waals surface area contributed by atoms with Gasteiger partial charge in [-0.15, -0.1) is 0 Å². The zero-order valence-electron chi connectivity index (χ0n) is 27.4. The van der Waals surface area contributed by atoms with Crippen molar-refractivity contribution < 1.29 is 78.2 Å². The number of carbonyl (C=O) groups excluding carboxylic acids is 2. The first-order valence-electron chi connectivity index (χ1n) is 16.6. The molecule has 1 aromatic rings. The van der Waals surface area contributed by atoms with Gasteiger partial charge in [0.15, 0.2) is 12.6 Å². The normalized spacial score (nSPS) is 47.0. The number of esters is 2. The molecule has 6 rings (SSSR count). The number of fused-ring (bicyclic) bond motifs is 3. The van der Waals surface area contributed by atoms with E-state index in [1.54, 1.807) is 12.1 Å². The number of rotatable bonds is 8. The molecule has 3 aliphatic heterocycles. The lowest BCUT2D eigenvalue weighted by molar-refractivity contribution is -0.368. The summed E-state index contributed by atoms with van der Waals surface area (Å²) in [5, 5.41) is 73.1. The molecule has 7 N–H and O–H groups in total. The van der Waals surface area contributed by atoms with Crippen LogP contribution in [0.25, 0.3) is 0 Å². The van der Waals surface area contributed by atoms with Crippen molar-refractivity contribution in [2.45, 2.75) is 113 Å². The number of carbonyl (C=O) groups is 2. The van der Waals surface area contributed by atoms with Crippen LogP contribution in [0.3, 0.4) is 0 Å². The SMILES string of the molecule is COC(=O)C1=CCC[C@H]2[C@@]3(C)C[C@@H](c4ccoc4)OC(=O)[C@H]3C[C@@H](O[C@@H]3O[C@@H](CO)[C@H](O[C@H]4O[C@@H](CO)[C@H](O)[C@@H](O)[C@H]4O)[C@@H](O)[C@@H]3O)[C@@]12C. The Morgan fingerprint density at radius 3 is 2.27 bits per heavy atom. The molecule has 16 nitrogen and oxygen atoms in total. The molecule has 4 heterocycles. The molecule has 0 unspecified atom stereocenters. The van der Waals surface area contributed by atoms with E-state index in [0.29, 0.717) is 24.8 Å². The lowest BCUT2D eigenvalue weighted by Crippen LogP contribution is -2.66. The van der Waals surface area contributed by atoms with Gasteiger partial charge in [0.25, 0.3) is 0 Å². The number of allylic oxidation sites excluding steroid dienone is 1. The Kier molecular flexibility index (Phi) is 10.3. The van der Waals surface area contributed by atoms with Gasteiger partial charge in [-0.25, -0.2) is 4.79 Å². The number of aliphatic hydroxyl groups excluding tert-OH is 7. The molecule has 4 fully saturated rings. The summed E-state index contributed by atoms with van der Waals surface area (Å²) in [6.07, 6.45) is -11.4. The van der Waals surface area contributed by atoms with E-state index in [-0.39, 0.29) is 12.3 Å². The van der Waals surface area contributed by atoms with E-state index in [4.69, 9.17) is 32.8 Å². The molecule has 0 spiro atoms. The number of cyclic esters (lactones) is 1. The van der Waals surface area contributed by atoms with Gasteiger partial charge in [-0.2, -0.15) is 0 Å². The molecule has 0 bridgehead atoms. The highest BCUT2D eigenvalue weighted by Crippen LogP contribution is 2.65. The Hall–Kier alpha value is -2.48. The van der Waals surface area contributed by atoms with Crippen molar-refractivity contribution in [3.63, 3.8) is 0 Å². The minimum atomic E-state index is -1.82. The average molecular weight is 699 g/mol. The van der Waals surface area contributed by atoms with Crippen LogP contribution in [-0.2, 0) is 38.0 Å². The minimum Gasteiger partial charge on any atom is -0.472 e. The molecule has 1 saturated carbocycles. The monoisotopic (exact) mass is 698 g/mol. The summed E-state index contributed by atoms with van der Waals surface area (Å²) in [6, 6.07) is 1.75. The fraction of sp³-hybridized carbons (Fsp3) is 0.758. The van der Waals surface area contributed by atoms with Crippen LogP contribution in [0.15, 0.2) is 34.7 Å². The van der Waals surface area contributed by atoms with Crippen LogP contribution >= 0.6 is 0 Å². The largest absolute Gasteiger partial charge is 0.472 e. The van der Waals surface area contributed by atoms with Crippen LogP contribution in [0.4, 0.5) is 0 Å². The molecule has 5 aliphatic rings. The third kappa shape index (κ3) is 6.04. The van der Waals surface area contributed by atoms with Gasteiger partial charge < -0.3 is 68.6 Å². The van der Waals surface area contributed by atoms with Crippen LogP contribution in [-0.4, -0.2) is 136 Å². The van der Waals surface area contributed by atoms with Crippen molar-refractivity contribution in [1.29, 1.82) is 0 Å². The Morgan fingerprint density at radius 1 is 0.939 bits per heavy atom. The number of methoxy groups -OCH3 is 1. The first kappa shape index (κ1) is 36.3. The molecule has 0 aromatic carbocycles. The standard InChI is InChI=1S/C33H46O16/c1-32-10-17(14-7-8-44-13-14)45-29(42)16(32)9-21(33(2)15(28(41)43-3)5-4-6-20(32)33)48-30-26(40)24(38)27(19(12-35)47-30)49-31-25(39)23(37)22(36)18(11-34)46-31/h5,7-8,13,16-27,30-31,34-40H,4,6,9-12H2,1-3H3/t16-,17+,18+,19+,20+,21-,22+,23-,24+,25-,26+,27+,30+,31-,32+,33+/m1/s1. The van der Waals surface area contributed by atoms with Gasteiger partial charge in [0.05, 0.1) is 44.9 Å². The Balaban J connectivity index is 1.28. The van der Waals surface area contributed by atoms with Crippen LogP contribution in [0.2, 0.25) is 0 Å². The fourth-order valence-electron chi connectivity index (χ4n) is 8.88. The zero-order valence-corrected chi connectivity index (χ0v) is 27.4. The molecule has 2 aliphatic carbocycles. The molecule has 49 heavy (non-hydrogen) atoms. The maximum Gasteiger partial charge on any atom is 0.334 e. The predicted molar refractivity (Wildman–Crippen MR) is 161 cm³/mol. The van der Waals surface area contributed by atoms with E-state index in [2.05, 4.69) is 0 Å². The van der Waals surface area contributed by atoms with E-state index in [1.165, 1.54) is 19.6 Å². The van der Waals surface area contributed by atoms with E-state index < -0.39 is 116 Å². The van der Waals surface area contributed by atoms with Crippen LogP contribution < -0.4 is 0 Å². The quantitative estimate of drug-likeness (QED) is 0.158. The molecule has 16 atom stereocenters. The van der Waals surface area contributed by atoms with E-state index in [9.17, 15) is 45.3 Å². The van der Waals surface area contributed by atoms with Crippen molar-refractivity contribution in [3.8, 4) is 0 Å². The van der Waals surface area contributed by atoms with Gasteiger partial charge in [0.1, 0.15) is 54.9 Å². The summed E-state index contributed by atoms with van der Waals surface area (Å²) in [4.78, 5) is 27.0. The van der Waals surface area contributed by atoms with Crippen molar-refractivity contribution in [3.05, 3.63) is 35.8 Å². The van der Waals surface area contributed by atoms with Crippen molar-refractivity contribution in [1.82, 2.24) is 0 Å². The lowest BCUT2D eigenvalue weighted by atomic mass is 9.44. The van der Waals surface area contributed by atoms with Gasteiger partial charge in [0.2, 0.25) is 0 Å². The molecule has 1 aromatic heterocycles. The van der Waals surface area contributed by atoms with Gasteiger partial charge in [0, 0.05) is 16.6 Å². The second kappa shape index (κ2) is 13.9. The van der Waals surface area contributed by atoms with E-state index in [0.717, 1.165) is 5.56 Å². The first-order valence-corrected chi connectivity index (χ1v) is 16.6. The number of ether oxygens (including phenoxy) is 6. The number of furan rings is 1. The predicted octanol–water partition coefficient (Wildman–Crippen LogP) is -1.18. The van der Waals surface area contributed by atoms with Gasteiger partial charge >= 0.3 is 11.9 Å². The summed E-state index contributed by atoms with van der Waals surface area (Å²) < 4.78 is 39.8. The topological polar surface area (TPSA) is 244 Å². The third-order valence-electron chi connectivity index (χ3n) is 11.6. The second-order valence-electron chi connectivity index (χ2n) is 14.1. The zero-order chi connectivity index (χ0) is 35.4. The summed E-state index contributed by atoms with van der Waals surface area (Å²) in [5.74, 6) is -2.00. The maximum absolute atomic E-state index is 13.7. The molecule has 274 valence electrons. The Labute approximate surface area is 282 Å². The van der Waals surface area contributed by atoms with Gasteiger partial charge in [-0.1, -0.05) is 19.9 Å². The Morgan fingerprint density at radius 2 is 1.61 bits per heavy atom. The van der Waals surface area contributed by atoms with E-state index in [1.807, 2.05) is 13.8 Å². The molecule has 16 heteroatoms. The van der Waals surface area contributed by atoms with Crippen LogP contribution in [0.1, 0.15) is 51.2 Å². The average Bonchev–Trinajstić information content (AvgIpc) is 3.63. The number of aliphatic hydroxyl groups is 7. The molecule has 0 amide bonds. The smallest absolute Gasteiger partial charge is 0.334 e. The lowest BCUT2D eigenvalue weighted by Gasteiger charge is -2.62. The van der Waals surface area contributed by atoms with Crippen LogP contribution in [0.5, 0.6) is 0 Å². The van der Waals surface area contributed by atoms with Crippen molar-refractivity contribution >= 4 is 11.9 Å². The third-order valence-corrected chi connectivity index (χ3v) is 11.6. The summed E-state index contributed by atoms with van der Waals surface area (Å²) >= 11 is 0. The Bertz CT molecular complexity index is 1360. The molecule has 0 radical (unpaired) electrons. The highest BCUT2D eigenvalue weighted by atomic mass is 16.7. The molecular weight excluding hydrogens is 652 g/mol. The summed E-state index contributed by atoms with van der Waals surface area (Å²) in [7, 11) is 1.28. The van der Waals surface area contributed by atoms with Crippen molar-refractivity contribution in [2.75, 3.05) is 20.3 Å². The highest BCUT2D eigenvalue weighted by molar-refractivity contribution is 5.90. The van der Waals surface area contributed by atoms with Gasteiger partial charge in [-0.05, 0) is 43.1 Å². The van der Waals surface area contributed by atoms with Crippen molar-refractivity contribution in [2.24, 2.45) is 22.7 Å². The summed E-state index contributed by atoms with van der Waals surface area (Å²) in [5.41, 5.74) is -0.663. The van der Waals surface area contributed by atoms with Gasteiger partial charge in [-0.3, -0.25) is 4.79 Å². The number of hydrogen-bond donors (Lipinski definition) is 7. The van der Waals surface area contributed by atoms with Crippen LogP contribution in [0, 0.1) is 22.7 Å². The second-order valence-corrected chi connectivity index (χ2v) is 14.1. The number of hydrogen-bond acceptors (Lipinski definition) is 16. The van der Waals surface area contributed by atoms with E-state index >= 15 is 0 Å². The fourth-order valence-corrected chi connectivity index (χ4v) is 8.88. The minimum absolute atomic E-state index is 0.0615. The molecular formula is C33H46O16. The first-order chi connectivity index (χ1) is 23.3. The summed E-state index contributed by atoms with van der Waals surface area (Å²) in [6.45, 7) is 2.39. The molecule has 3 saturated heterocycles.